The van der Waals surface area contributed by atoms with E-state index in [1.54, 1.807) is 18.6 Å². The number of pyridine rings is 2. The fourth-order valence-corrected chi connectivity index (χ4v) is 5.64. The average Bonchev–Trinajstić information content (AvgIpc) is 3.11. The highest BCUT2D eigenvalue weighted by atomic mass is 16.5. The summed E-state index contributed by atoms with van der Waals surface area (Å²) >= 11 is 0. The molecule has 2 aliphatic rings. The molecule has 41 heavy (non-hydrogen) atoms. The van der Waals surface area contributed by atoms with Crippen LogP contribution in [0.5, 0.6) is 17.2 Å². The normalized spacial score (nSPS) is 18.1. The highest BCUT2D eigenvalue weighted by molar-refractivity contribution is 5.90. The summed E-state index contributed by atoms with van der Waals surface area (Å²) < 4.78 is 12.3. The van der Waals surface area contributed by atoms with Gasteiger partial charge >= 0.3 is 0 Å². The van der Waals surface area contributed by atoms with Crippen molar-refractivity contribution in [3.05, 3.63) is 72.3 Å². The number of allylic oxidation sites excluding steroid dienone is 2. The number of nitrogens with one attached hydrogen (secondary N) is 1. The Morgan fingerprint density at radius 1 is 1.17 bits per heavy atom. The van der Waals surface area contributed by atoms with E-state index in [1.165, 1.54) is 0 Å². The maximum absolute atomic E-state index is 12.1. The summed E-state index contributed by atoms with van der Waals surface area (Å²) in [4.78, 5) is 32.7. The van der Waals surface area contributed by atoms with E-state index in [2.05, 4.69) is 25.2 Å². The molecule has 0 amide bonds. The van der Waals surface area contributed by atoms with Gasteiger partial charge in [-0.1, -0.05) is 6.08 Å². The Labute approximate surface area is 239 Å². The molecule has 0 aliphatic carbocycles. The Morgan fingerprint density at radius 2 is 2.07 bits per heavy atom. The van der Waals surface area contributed by atoms with Gasteiger partial charge in [0.05, 0.1) is 18.3 Å². The van der Waals surface area contributed by atoms with Crippen molar-refractivity contribution in [3.63, 3.8) is 0 Å². The molecule has 1 N–H and O–H groups in total. The molecular weight excluding hydrogens is 516 g/mol. The van der Waals surface area contributed by atoms with Gasteiger partial charge in [0.2, 0.25) is 0 Å². The minimum Gasteiger partial charge on any atom is -0.489 e. The number of ether oxygens (including phenoxy) is 2. The third-order valence-corrected chi connectivity index (χ3v) is 7.86. The first kappa shape index (κ1) is 26.7. The molecule has 5 heterocycles. The molecule has 1 saturated heterocycles. The molecule has 210 valence electrons. The summed E-state index contributed by atoms with van der Waals surface area (Å²) in [5, 5.41) is 3.43. The van der Waals surface area contributed by atoms with Crippen LogP contribution in [-0.2, 0) is 4.79 Å². The van der Waals surface area contributed by atoms with Gasteiger partial charge in [-0.05, 0) is 81.5 Å². The topological polar surface area (TPSA) is 102 Å². The summed E-state index contributed by atoms with van der Waals surface area (Å²) in [7, 11) is 0. The molecule has 4 aromatic rings. The van der Waals surface area contributed by atoms with E-state index in [0.717, 1.165) is 65.7 Å². The van der Waals surface area contributed by atoms with Crippen LogP contribution in [0.2, 0.25) is 0 Å². The number of benzene rings is 1. The fraction of sp³-hybridized carbons (Fsp3) is 0.344. The van der Waals surface area contributed by atoms with Gasteiger partial charge in [0.25, 0.3) is 0 Å². The molecule has 0 radical (unpaired) electrons. The summed E-state index contributed by atoms with van der Waals surface area (Å²) in [6, 6.07) is 11.7. The number of nitrogens with zero attached hydrogens (tertiary/aromatic N) is 5. The number of carbonyl (C=O) groups is 1. The predicted molar refractivity (Wildman–Crippen MR) is 159 cm³/mol. The Hall–Kier alpha value is -4.53. The van der Waals surface area contributed by atoms with Gasteiger partial charge in [-0.25, -0.2) is 15.0 Å². The van der Waals surface area contributed by atoms with Gasteiger partial charge in [-0.2, -0.15) is 0 Å². The zero-order valence-electron chi connectivity index (χ0n) is 23.6. The number of hydrogen-bond acceptors (Lipinski definition) is 9. The number of aromatic nitrogens is 4. The van der Waals surface area contributed by atoms with Gasteiger partial charge < -0.3 is 19.7 Å². The van der Waals surface area contributed by atoms with E-state index in [9.17, 15) is 4.79 Å². The Balaban J connectivity index is 1.21. The Morgan fingerprint density at radius 3 is 2.88 bits per heavy atom. The number of aryl methyl sites for hydroxylation is 2. The molecule has 1 aromatic carbocycles. The third-order valence-electron chi connectivity index (χ3n) is 7.86. The lowest BCUT2D eigenvalue weighted by Crippen LogP contribution is -2.41. The van der Waals surface area contributed by atoms with E-state index in [0.29, 0.717) is 41.9 Å². The van der Waals surface area contributed by atoms with E-state index in [1.807, 2.05) is 63.2 Å². The van der Waals surface area contributed by atoms with Crippen LogP contribution in [0.4, 0.5) is 17.3 Å². The first-order valence-electron chi connectivity index (χ1n) is 14.1. The van der Waals surface area contributed by atoms with Crippen molar-refractivity contribution < 1.29 is 14.3 Å². The lowest BCUT2D eigenvalue weighted by atomic mass is 9.82. The predicted octanol–water partition coefficient (Wildman–Crippen LogP) is 6.33. The molecule has 2 unspecified atom stereocenters. The molecule has 9 nitrogen and oxygen atoms in total. The molecule has 1 fully saturated rings. The zero-order valence-corrected chi connectivity index (χ0v) is 23.6. The number of piperidine rings is 1. The molecule has 2 bridgehead atoms. The number of ketones is 1. The fourth-order valence-electron chi connectivity index (χ4n) is 5.64. The van der Waals surface area contributed by atoms with Crippen molar-refractivity contribution in [1.29, 1.82) is 0 Å². The minimum atomic E-state index is 0.195. The molecule has 0 spiro atoms. The lowest BCUT2D eigenvalue weighted by molar-refractivity contribution is -0.115. The summed E-state index contributed by atoms with van der Waals surface area (Å²) in [5.41, 5.74) is 4.20. The van der Waals surface area contributed by atoms with Crippen LogP contribution >= 0.6 is 0 Å². The summed E-state index contributed by atoms with van der Waals surface area (Å²) in [6.45, 7) is 8.19. The summed E-state index contributed by atoms with van der Waals surface area (Å²) in [6.07, 6.45) is 9.24. The van der Waals surface area contributed by atoms with Crippen molar-refractivity contribution in [1.82, 2.24) is 19.9 Å². The van der Waals surface area contributed by atoms with Gasteiger partial charge in [-0.3, -0.25) is 9.78 Å². The summed E-state index contributed by atoms with van der Waals surface area (Å²) in [5.74, 6) is 4.67. The standard InChI is InChI=1S/C32H34N6O3/c1-4-5-25(39)9-7-22-12-13-38-17-23(22)18-40-29-15-27-30(37-32(29)38)31(35-19-34-27)36-24-8-11-28(20(2)14-24)41-26-10-6-21(3)33-16-26/h4-6,8,10-11,14-16,19,22-23H,7,9,12-13,17-18H2,1-3H3,(H,34,35,36)/b5-4+. The van der Waals surface area contributed by atoms with Gasteiger partial charge in [0.15, 0.2) is 23.2 Å². The minimum absolute atomic E-state index is 0.195. The number of hydrogen-bond donors (Lipinski definition) is 1. The van der Waals surface area contributed by atoms with Crippen molar-refractivity contribution in [2.45, 2.75) is 40.0 Å². The quantitative estimate of drug-likeness (QED) is 0.252. The van der Waals surface area contributed by atoms with Crippen LogP contribution in [0.15, 0.2) is 61.1 Å². The zero-order chi connectivity index (χ0) is 28.3. The Bertz CT molecular complexity index is 1600. The molecular formula is C32H34N6O3. The van der Waals surface area contributed by atoms with E-state index < -0.39 is 0 Å². The molecule has 2 atom stereocenters. The number of anilines is 3. The Kier molecular flexibility index (Phi) is 7.50. The SMILES string of the molecule is C/C=C/C(=O)CCC1CCN2CC1COc1cc3ncnc(Nc4ccc(Oc5ccc(C)nc5)c(C)c4)c3nc12. The lowest BCUT2D eigenvalue weighted by Gasteiger charge is -2.36. The molecule has 2 aliphatic heterocycles. The third kappa shape index (κ3) is 5.84. The van der Waals surface area contributed by atoms with Crippen LogP contribution in [0, 0.1) is 25.7 Å². The smallest absolute Gasteiger partial charge is 0.172 e. The van der Waals surface area contributed by atoms with Crippen molar-refractivity contribution in [3.8, 4) is 17.2 Å². The van der Waals surface area contributed by atoms with Crippen LogP contribution in [0.1, 0.15) is 37.4 Å². The largest absolute Gasteiger partial charge is 0.489 e. The second-order valence-corrected chi connectivity index (χ2v) is 10.8. The van der Waals surface area contributed by atoms with Crippen LogP contribution in [0.25, 0.3) is 11.0 Å². The highest BCUT2D eigenvalue weighted by Gasteiger charge is 2.34. The van der Waals surface area contributed by atoms with E-state index in [4.69, 9.17) is 14.5 Å². The van der Waals surface area contributed by atoms with Gasteiger partial charge in [0, 0.05) is 42.9 Å². The van der Waals surface area contributed by atoms with E-state index >= 15 is 0 Å². The van der Waals surface area contributed by atoms with Crippen LogP contribution in [0.3, 0.4) is 0 Å². The maximum Gasteiger partial charge on any atom is 0.172 e. The maximum atomic E-state index is 12.1. The highest BCUT2D eigenvalue weighted by Crippen LogP contribution is 2.40. The second kappa shape index (κ2) is 11.5. The second-order valence-electron chi connectivity index (χ2n) is 10.8. The molecule has 3 aromatic heterocycles. The van der Waals surface area contributed by atoms with Crippen molar-refractivity contribution in [2.75, 3.05) is 29.9 Å². The first-order valence-corrected chi connectivity index (χ1v) is 14.1. The number of rotatable bonds is 8. The first-order chi connectivity index (χ1) is 20.0. The van der Waals surface area contributed by atoms with Crippen LogP contribution < -0.4 is 19.7 Å². The van der Waals surface area contributed by atoms with E-state index in [-0.39, 0.29) is 5.78 Å². The van der Waals surface area contributed by atoms with Crippen molar-refractivity contribution in [2.24, 2.45) is 11.8 Å². The number of carbonyl (C=O) groups excluding carboxylic acids is 1. The molecule has 6 rings (SSSR count). The molecule has 0 saturated carbocycles. The monoisotopic (exact) mass is 550 g/mol. The number of fused-ring (bicyclic) bond motifs is 5. The van der Waals surface area contributed by atoms with Gasteiger partial charge in [0.1, 0.15) is 23.3 Å². The molecule has 9 heteroatoms. The van der Waals surface area contributed by atoms with Gasteiger partial charge in [-0.15, -0.1) is 0 Å². The van der Waals surface area contributed by atoms with Crippen LogP contribution in [-0.4, -0.2) is 45.4 Å². The average molecular weight is 551 g/mol. The van der Waals surface area contributed by atoms with Crippen molar-refractivity contribution >= 4 is 34.1 Å².